The number of thiophene rings is 1. The van der Waals surface area contributed by atoms with E-state index in [2.05, 4.69) is 15.3 Å². The van der Waals surface area contributed by atoms with E-state index >= 15 is 0 Å². The molecule has 1 unspecified atom stereocenters. The summed E-state index contributed by atoms with van der Waals surface area (Å²) in [4.78, 5) is 31.8. The number of aryl methyl sites for hydroxylation is 1. The molecule has 7 nitrogen and oxygen atoms in total. The number of anilines is 1. The largest absolute Gasteiger partial charge is 0.481 e. The molecule has 2 rings (SSSR count). The first kappa shape index (κ1) is 16.4. The van der Waals surface area contributed by atoms with Crippen LogP contribution in [-0.2, 0) is 16.0 Å². The molecule has 0 amide bonds. The number of halogens is 1. The van der Waals surface area contributed by atoms with E-state index in [1.165, 1.54) is 11.3 Å². The third-order valence-corrected chi connectivity index (χ3v) is 4.36. The maximum Gasteiger partial charge on any atom is 0.326 e. The molecule has 0 aliphatic rings. The Kier molecular flexibility index (Phi) is 5.15. The molecule has 0 spiro atoms. The number of aromatic nitrogens is 2. The number of rotatable bonds is 7. The van der Waals surface area contributed by atoms with Gasteiger partial charge in [0.05, 0.1) is 5.39 Å². The van der Waals surface area contributed by atoms with Crippen LogP contribution in [0.4, 0.5) is 5.82 Å². The molecule has 2 aromatic rings. The van der Waals surface area contributed by atoms with Crippen molar-refractivity contribution in [1.82, 2.24) is 9.97 Å². The molecule has 0 saturated heterocycles. The Morgan fingerprint density at radius 2 is 2.14 bits per heavy atom. The zero-order valence-electron chi connectivity index (χ0n) is 11.7. The van der Waals surface area contributed by atoms with Crippen LogP contribution in [0.3, 0.4) is 0 Å². The van der Waals surface area contributed by atoms with Crippen molar-refractivity contribution in [2.45, 2.75) is 32.2 Å². The third kappa shape index (κ3) is 3.83. The summed E-state index contributed by atoms with van der Waals surface area (Å²) in [5.41, 5.74) is 0. The number of carboxylic acids is 2. The molecule has 0 fully saturated rings. The lowest BCUT2D eigenvalue weighted by Crippen LogP contribution is -2.30. The van der Waals surface area contributed by atoms with E-state index in [1.54, 1.807) is 0 Å². The highest BCUT2D eigenvalue weighted by molar-refractivity contribution is 7.18. The van der Waals surface area contributed by atoms with Crippen LogP contribution in [0.15, 0.2) is 6.07 Å². The van der Waals surface area contributed by atoms with Gasteiger partial charge in [-0.2, -0.15) is 0 Å². The number of carbonyl (C=O) groups is 2. The fourth-order valence-corrected chi connectivity index (χ4v) is 3.11. The second-order valence-corrected chi connectivity index (χ2v) is 6.05. The summed E-state index contributed by atoms with van der Waals surface area (Å²) in [5.74, 6) is -1.89. The summed E-state index contributed by atoms with van der Waals surface area (Å²) in [5, 5.41) is 21.4. The molecule has 1 atom stereocenters. The predicted octanol–water partition coefficient (Wildman–Crippen LogP) is 2.64. The standard InChI is InChI=1S/C13H14ClN3O4S/c1-2-6-5-7-10(16-13(14)17-11(7)22-6)15-8(12(20)21)3-4-9(18)19/h5,8H,2-4H2,1H3,(H,18,19)(H,20,21)(H,15,16,17). The summed E-state index contributed by atoms with van der Waals surface area (Å²) in [7, 11) is 0. The van der Waals surface area contributed by atoms with Crippen molar-refractivity contribution in [3.8, 4) is 0 Å². The highest BCUT2D eigenvalue weighted by Crippen LogP contribution is 2.30. The number of nitrogens with zero attached hydrogens (tertiary/aromatic N) is 2. The highest BCUT2D eigenvalue weighted by atomic mass is 35.5. The third-order valence-electron chi connectivity index (χ3n) is 3.02. The van der Waals surface area contributed by atoms with Gasteiger partial charge in [0.2, 0.25) is 5.28 Å². The number of carboxylic acid groups (broad SMARTS) is 2. The fourth-order valence-electron chi connectivity index (χ4n) is 1.92. The Morgan fingerprint density at radius 1 is 1.41 bits per heavy atom. The fraction of sp³-hybridized carbons (Fsp3) is 0.385. The second kappa shape index (κ2) is 6.89. The van der Waals surface area contributed by atoms with E-state index in [0.717, 1.165) is 11.3 Å². The summed E-state index contributed by atoms with van der Waals surface area (Å²) < 4.78 is 0. The Hall–Kier alpha value is -1.93. The number of aliphatic carboxylic acids is 2. The lowest BCUT2D eigenvalue weighted by atomic mass is 10.1. The summed E-state index contributed by atoms with van der Waals surface area (Å²) in [6.07, 6.45) is 0.508. The Bertz CT molecular complexity index is 719. The molecule has 3 N–H and O–H groups in total. The zero-order valence-corrected chi connectivity index (χ0v) is 13.2. The van der Waals surface area contributed by atoms with Crippen LogP contribution in [0.25, 0.3) is 10.2 Å². The lowest BCUT2D eigenvalue weighted by Gasteiger charge is -2.14. The number of hydrogen-bond acceptors (Lipinski definition) is 6. The van der Waals surface area contributed by atoms with Crippen molar-refractivity contribution < 1.29 is 19.8 Å². The van der Waals surface area contributed by atoms with Crippen LogP contribution in [0.1, 0.15) is 24.6 Å². The number of hydrogen-bond donors (Lipinski definition) is 3. The highest BCUT2D eigenvalue weighted by Gasteiger charge is 2.21. The van der Waals surface area contributed by atoms with Crippen LogP contribution in [0.2, 0.25) is 5.28 Å². The summed E-state index contributed by atoms with van der Waals surface area (Å²) >= 11 is 7.33. The monoisotopic (exact) mass is 343 g/mol. The quantitative estimate of drug-likeness (QED) is 0.662. The first-order valence-electron chi connectivity index (χ1n) is 6.57. The van der Waals surface area contributed by atoms with Crippen molar-refractivity contribution in [3.63, 3.8) is 0 Å². The van der Waals surface area contributed by atoms with E-state index in [0.29, 0.717) is 16.0 Å². The maximum absolute atomic E-state index is 11.3. The maximum atomic E-state index is 11.3. The average molecular weight is 344 g/mol. The summed E-state index contributed by atoms with van der Waals surface area (Å²) in [6.45, 7) is 2.00. The van der Waals surface area contributed by atoms with Crippen molar-refractivity contribution in [3.05, 3.63) is 16.2 Å². The topological polar surface area (TPSA) is 112 Å². The Labute approximate surface area is 135 Å². The van der Waals surface area contributed by atoms with E-state index in [9.17, 15) is 14.7 Å². The van der Waals surface area contributed by atoms with Gasteiger partial charge in [-0.1, -0.05) is 6.92 Å². The van der Waals surface area contributed by atoms with Gasteiger partial charge in [0.1, 0.15) is 16.7 Å². The number of nitrogens with one attached hydrogen (secondary N) is 1. The molecular weight excluding hydrogens is 330 g/mol. The molecule has 2 aromatic heterocycles. The van der Waals surface area contributed by atoms with Gasteiger partial charge < -0.3 is 15.5 Å². The minimum atomic E-state index is -1.14. The SMILES string of the molecule is CCc1cc2c(NC(CCC(=O)O)C(=O)O)nc(Cl)nc2s1. The van der Waals surface area contributed by atoms with Crippen LogP contribution < -0.4 is 5.32 Å². The molecule has 0 aromatic carbocycles. The molecule has 0 saturated carbocycles. The minimum Gasteiger partial charge on any atom is -0.481 e. The Morgan fingerprint density at radius 3 is 2.73 bits per heavy atom. The summed E-state index contributed by atoms with van der Waals surface area (Å²) in [6, 6.07) is 0.824. The molecular formula is C13H14ClN3O4S. The zero-order chi connectivity index (χ0) is 16.3. The van der Waals surface area contributed by atoms with Crippen molar-refractivity contribution in [2.75, 3.05) is 5.32 Å². The van der Waals surface area contributed by atoms with Gasteiger partial charge in [-0.05, 0) is 30.5 Å². The van der Waals surface area contributed by atoms with Gasteiger partial charge in [0, 0.05) is 11.3 Å². The van der Waals surface area contributed by atoms with Crippen molar-refractivity contribution in [2.24, 2.45) is 0 Å². The molecule has 2 heterocycles. The van der Waals surface area contributed by atoms with E-state index < -0.39 is 18.0 Å². The van der Waals surface area contributed by atoms with Crippen LogP contribution in [-0.4, -0.2) is 38.2 Å². The minimum absolute atomic E-state index is 0.0156. The van der Waals surface area contributed by atoms with Gasteiger partial charge in [0.15, 0.2) is 0 Å². The molecule has 9 heteroatoms. The first-order valence-corrected chi connectivity index (χ1v) is 7.77. The normalized spacial score (nSPS) is 12.3. The molecule has 0 radical (unpaired) electrons. The van der Waals surface area contributed by atoms with Crippen LogP contribution in [0.5, 0.6) is 0 Å². The van der Waals surface area contributed by atoms with Gasteiger partial charge in [0.25, 0.3) is 0 Å². The smallest absolute Gasteiger partial charge is 0.326 e. The molecule has 22 heavy (non-hydrogen) atoms. The van der Waals surface area contributed by atoms with E-state index in [4.69, 9.17) is 16.7 Å². The van der Waals surface area contributed by atoms with Crippen LogP contribution in [0, 0.1) is 0 Å². The lowest BCUT2D eigenvalue weighted by molar-refractivity contribution is -0.139. The van der Waals surface area contributed by atoms with Crippen molar-refractivity contribution >= 4 is 50.9 Å². The average Bonchev–Trinajstić information content (AvgIpc) is 2.85. The molecule has 0 bridgehead atoms. The van der Waals surface area contributed by atoms with Gasteiger partial charge >= 0.3 is 11.9 Å². The van der Waals surface area contributed by atoms with Crippen molar-refractivity contribution in [1.29, 1.82) is 0 Å². The number of fused-ring (bicyclic) bond motifs is 1. The Balaban J connectivity index is 2.33. The van der Waals surface area contributed by atoms with E-state index in [1.807, 2.05) is 13.0 Å². The van der Waals surface area contributed by atoms with Crippen LogP contribution >= 0.6 is 22.9 Å². The molecule has 118 valence electrons. The second-order valence-electron chi connectivity index (χ2n) is 4.59. The molecule has 0 aliphatic heterocycles. The van der Waals surface area contributed by atoms with E-state index in [-0.39, 0.29) is 18.1 Å². The van der Waals surface area contributed by atoms with Gasteiger partial charge in [-0.3, -0.25) is 4.79 Å². The van der Waals surface area contributed by atoms with Gasteiger partial charge in [-0.25, -0.2) is 14.8 Å². The van der Waals surface area contributed by atoms with Gasteiger partial charge in [-0.15, -0.1) is 11.3 Å². The molecule has 0 aliphatic carbocycles. The first-order chi connectivity index (χ1) is 10.4. The predicted molar refractivity (Wildman–Crippen MR) is 83.7 cm³/mol.